The molecule has 0 amide bonds. The lowest BCUT2D eigenvalue weighted by atomic mass is 10.1. The van der Waals surface area contributed by atoms with Crippen molar-refractivity contribution < 1.29 is 18.7 Å². The highest BCUT2D eigenvalue weighted by atomic mass is 19.1. The summed E-state index contributed by atoms with van der Waals surface area (Å²) in [5.41, 5.74) is 3.10. The van der Waals surface area contributed by atoms with E-state index in [-0.39, 0.29) is 12.2 Å². The number of methoxy groups -OCH3 is 1. The molecular formula is C23H21FN2O4. The van der Waals surface area contributed by atoms with Crippen molar-refractivity contribution in [2.45, 2.75) is 20.5 Å². The Balaban J connectivity index is 1.93. The standard InChI is InChI=1S/C23H21FN2O4/c1-14-4-5-16(23(28)29-3)10-21(14)26-15(2)8-20(11-22(26)27)30-13-17-6-7-19(24)9-18(17)12-25/h4-12,25H,13H2,1-3H3. The lowest BCUT2D eigenvalue weighted by Crippen LogP contribution is -2.21. The van der Waals surface area contributed by atoms with Gasteiger partial charge in [-0.1, -0.05) is 12.1 Å². The minimum absolute atomic E-state index is 0.0880. The van der Waals surface area contributed by atoms with Gasteiger partial charge in [-0.25, -0.2) is 9.18 Å². The fourth-order valence-corrected chi connectivity index (χ4v) is 3.15. The maximum Gasteiger partial charge on any atom is 0.337 e. The number of aryl methyl sites for hydroxylation is 2. The molecule has 0 aliphatic carbocycles. The summed E-state index contributed by atoms with van der Waals surface area (Å²) in [4.78, 5) is 24.7. The Hall–Kier alpha value is -3.74. The number of esters is 1. The summed E-state index contributed by atoms with van der Waals surface area (Å²) in [5, 5.41) is 7.40. The molecule has 0 fully saturated rings. The Labute approximate surface area is 173 Å². The molecule has 1 aromatic heterocycles. The van der Waals surface area contributed by atoms with E-state index in [9.17, 15) is 14.0 Å². The van der Waals surface area contributed by atoms with Gasteiger partial charge in [-0.05, 0) is 49.2 Å². The average molecular weight is 408 g/mol. The molecule has 0 radical (unpaired) electrons. The molecule has 0 saturated carbocycles. The van der Waals surface area contributed by atoms with Crippen molar-refractivity contribution in [3.05, 3.63) is 92.6 Å². The molecule has 0 saturated heterocycles. The molecule has 3 aromatic rings. The van der Waals surface area contributed by atoms with Crippen LogP contribution in [0, 0.1) is 25.1 Å². The highest BCUT2D eigenvalue weighted by Crippen LogP contribution is 2.20. The number of nitrogens with zero attached hydrogens (tertiary/aromatic N) is 1. The van der Waals surface area contributed by atoms with Gasteiger partial charge in [-0.3, -0.25) is 9.36 Å². The third kappa shape index (κ3) is 4.30. The van der Waals surface area contributed by atoms with Gasteiger partial charge in [0.2, 0.25) is 0 Å². The fraction of sp³-hybridized carbons (Fsp3) is 0.174. The largest absolute Gasteiger partial charge is 0.489 e. The fourth-order valence-electron chi connectivity index (χ4n) is 3.15. The molecule has 0 bridgehead atoms. The summed E-state index contributed by atoms with van der Waals surface area (Å²) >= 11 is 0. The number of hydrogen-bond acceptors (Lipinski definition) is 5. The molecule has 3 rings (SSSR count). The minimum Gasteiger partial charge on any atom is -0.489 e. The van der Waals surface area contributed by atoms with Gasteiger partial charge in [0.1, 0.15) is 18.2 Å². The van der Waals surface area contributed by atoms with Crippen LogP contribution in [0.1, 0.15) is 32.7 Å². The zero-order valence-corrected chi connectivity index (χ0v) is 16.9. The second-order valence-corrected chi connectivity index (χ2v) is 6.78. The molecule has 0 unspecified atom stereocenters. The normalized spacial score (nSPS) is 10.5. The highest BCUT2D eigenvalue weighted by molar-refractivity contribution is 5.90. The molecule has 7 heteroatoms. The van der Waals surface area contributed by atoms with Gasteiger partial charge >= 0.3 is 5.97 Å². The van der Waals surface area contributed by atoms with Gasteiger partial charge in [0.15, 0.2) is 0 Å². The third-order valence-electron chi connectivity index (χ3n) is 4.72. The topological polar surface area (TPSA) is 81.4 Å². The maximum atomic E-state index is 13.3. The molecule has 0 aliphatic rings. The van der Waals surface area contributed by atoms with E-state index in [0.29, 0.717) is 33.8 Å². The average Bonchev–Trinajstić information content (AvgIpc) is 2.73. The summed E-state index contributed by atoms with van der Waals surface area (Å²) < 4.78 is 25.3. The second-order valence-electron chi connectivity index (χ2n) is 6.78. The first-order chi connectivity index (χ1) is 14.3. The molecule has 6 nitrogen and oxygen atoms in total. The van der Waals surface area contributed by atoms with Gasteiger partial charge in [0.05, 0.1) is 18.4 Å². The zero-order chi connectivity index (χ0) is 21.8. The lowest BCUT2D eigenvalue weighted by molar-refractivity contribution is 0.0600. The van der Waals surface area contributed by atoms with E-state index in [0.717, 1.165) is 11.8 Å². The number of pyridine rings is 1. The number of nitrogens with one attached hydrogen (secondary N) is 1. The van der Waals surface area contributed by atoms with E-state index in [1.165, 1.54) is 29.9 Å². The number of aromatic nitrogens is 1. The van der Waals surface area contributed by atoms with Gasteiger partial charge in [-0.2, -0.15) is 0 Å². The molecule has 0 aliphatic heterocycles. The van der Waals surface area contributed by atoms with Crippen LogP contribution in [-0.2, 0) is 11.3 Å². The molecule has 2 aromatic carbocycles. The molecule has 0 spiro atoms. The van der Waals surface area contributed by atoms with Crippen LogP contribution in [0.25, 0.3) is 5.69 Å². The van der Waals surface area contributed by atoms with Crippen molar-refractivity contribution >= 4 is 12.2 Å². The van der Waals surface area contributed by atoms with Crippen LogP contribution >= 0.6 is 0 Å². The van der Waals surface area contributed by atoms with Crippen molar-refractivity contribution in [1.82, 2.24) is 4.57 Å². The van der Waals surface area contributed by atoms with Crippen LogP contribution < -0.4 is 10.3 Å². The number of ether oxygens (including phenoxy) is 2. The van der Waals surface area contributed by atoms with Crippen LogP contribution in [0.5, 0.6) is 5.75 Å². The first-order valence-corrected chi connectivity index (χ1v) is 9.18. The third-order valence-corrected chi connectivity index (χ3v) is 4.72. The molecule has 0 atom stereocenters. The number of rotatable bonds is 6. The van der Waals surface area contributed by atoms with E-state index >= 15 is 0 Å². The van der Waals surface area contributed by atoms with E-state index in [1.807, 2.05) is 6.92 Å². The van der Waals surface area contributed by atoms with Crippen molar-refractivity contribution in [3.63, 3.8) is 0 Å². The van der Waals surface area contributed by atoms with Crippen LogP contribution in [0.2, 0.25) is 0 Å². The van der Waals surface area contributed by atoms with Gasteiger partial charge in [0.25, 0.3) is 5.56 Å². The highest BCUT2D eigenvalue weighted by Gasteiger charge is 2.13. The predicted octanol–water partition coefficient (Wildman–Crippen LogP) is 3.96. The second kappa shape index (κ2) is 8.73. The monoisotopic (exact) mass is 408 g/mol. The number of halogens is 1. The summed E-state index contributed by atoms with van der Waals surface area (Å²) in [6, 6.07) is 12.2. The van der Waals surface area contributed by atoms with Crippen LogP contribution in [0.4, 0.5) is 4.39 Å². The van der Waals surface area contributed by atoms with Crippen LogP contribution in [0.3, 0.4) is 0 Å². The minimum atomic E-state index is -0.483. The number of hydrogen-bond donors (Lipinski definition) is 1. The van der Waals surface area contributed by atoms with Crippen LogP contribution in [-0.4, -0.2) is 23.9 Å². The molecular weight excluding hydrogens is 387 g/mol. The first-order valence-electron chi connectivity index (χ1n) is 9.18. The quantitative estimate of drug-likeness (QED) is 0.495. The Kier molecular flexibility index (Phi) is 6.11. The zero-order valence-electron chi connectivity index (χ0n) is 16.9. The molecule has 154 valence electrons. The SMILES string of the molecule is COC(=O)c1ccc(C)c(-n2c(C)cc(OCc3ccc(F)cc3C=N)cc2=O)c1. The van der Waals surface area contributed by atoms with Gasteiger partial charge < -0.3 is 14.9 Å². The van der Waals surface area contributed by atoms with E-state index in [2.05, 4.69) is 0 Å². The number of carbonyl (C=O) groups is 1. The number of carbonyl (C=O) groups excluding carboxylic acids is 1. The molecule has 1 heterocycles. The van der Waals surface area contributed by atoms with Gasteiger partial charge in [0, 0.05) is 29.6 Å². The smallest absolute Gasteiger partial charge is 0.337 e. The summed E-state index contributed by atoms with van der Waals surface area (Å²) in [7, 11) is 1.30. The Morgan fingerprint density at radius 2 is 1.90 bits per heavy atom. The van der Waals surface area contributed by atoms with Crippen molar-refractivity contribution in [2.75, 3.05) is 7.11 Å². The van der Waals surface area contributed by atoms with Crippen molar-refractivity contribution in [1.29, 1.82) is 5.41 Å². The maximum absolute atomic E-state index is 13.3. The summed E-state index contributed by atoms with van der Waals surface area (Å²) in [5.74, 6) is -0.556. The van der Waals surface area contributed by atoms with Crippen molar-refractivity contribution in [2.24, 2.45) is 0 Å². The Bertz CT molecular complexity index is 1180. The first kappa shape index (κ1) is 21.0. The lowest BCUT2D eigenvalue weighted by Gasteiger charge is -2.16. The molecule has 30 heavy (non-hydrogen) atoms. The number of benzene rings is 2. The molecule has 1 N–H and O–H groups in total. The predicted molar refractivity (Wildman–Crippen MR) is 111 cm³/mol. The van der Waals surface area contributed by atoms with E-state index in [4.69, 9.17) is 14.9 Å². The summed E-state index contributed by atoms with van der Waals surface area (Å²) in [6.07, 6.45) is 1.06. The van der Waals surface area contributed by atoms with Crippen LogP contribution in [0.15, 0.2) is 53.3 Å². The van der Waals surface area contributed by atoms with E-state index < -0.39 is 11.8 Å². The Morgan fingerprint density at radius 1 is 1.13 bits per heavy atom. The van der Waals surface area contributed by atoms with Crippen molar-refractivity contribution in [3.8, 4) is 11.4 Å². The Morgan fingerprint density at radius 3 is 2.57 bits per heavy atom. The van der Waals surface area contributed by atoms with Gasteiger partial charge in [-0.15, -0.1) is 0 Å². The van der Waals surface area contributed by atoms with E-state index in [1.54, 1.807) is 37.3 Å². The summed E-state index contributed by atoms with van der Waals surface area (Å²) in [6.45, 7) is 3.70.